The highest BCUT2D eigenvalue weighted by molar-refractivity contribution is 5.81. The third-order valence-electron chi connectivity index (χ3n) is 7.07. The van der Waals surface area contributed by atoms with Crippen molar-refractivity contribution >= 4 is 18.0 Å². The molecule has 35 heavy (non-hydrogen) atoms. The van der Waals surface area contributed by atoms with Gasteiger partial charge in [0.1, 0.15) is 6.61 Å². The largest absolute Gasteiger partial charge is 0.481 e. The second kappa shape index (κ2) is 10.5. The molecule has 0 saturated heterocycles. The minimum absolute atomic E-state index is 0.0278. The predicted molar refractivity (Wildman–Crippen MR) is 133 cm³/mol. The number of carbonyl (C=O) groups is 3. The van der Waals surface area contributed by atoms with Gasteiger partial charge in [-0.15, -0.1) is 0 Å². The highest BCUT2D eigenvalue weighted by Gasteiger charge is 2.33. The predicted octanol–water partition coefficient (Wildman–Crippen LogP) is 4.84. The first-order valence-corrected chi connectivity index (χ1v) is 12.4. The van der Waals surface area contributed by atoms with Crippen LogP contribution in [0.4, 0.5) is 4.79 Å². The van der Waals surface area contributed by atoms with Gasteiger partial charge < -0.3 is 20.5 Å². The van der Waals surface area contributed by atoms with Crippen LogP contribution < -0.4 is 10.6 Å². The number of benzene rings is 2. The number of amides is 2. The Bertz CT molecular complexity index is 1050. The summed E-state index contributed by atoms with van der Waals surface area (Å²) < 4.78 is 5.61. The molecule has 1 saturated carbocycles. The van der Waals surface area contributed by atoms with Gasteiger partial charge >= 0.3 is 12.1 Å². The third kappa shape index (κ3) is 5.84. The Balaban J connectivity index is 1.32. The molecule has 2 aromatic carbocycles. The van der Waals surface area contributed by atoms with Crippen molar-refractivity contribution in [2.75, 3.05) is 6.61 Å². The van der Waals surface area contributed by atoms with E-state index in [1.165, 1.54) is 0 Å². The summed E-state index contributed by atoms with van der Waals surface area (Å²) in [6, 6.07) is 15.9. The third-order valence-corrected chi connectivity index (χ3v) is 7.07. The molecule has 2 aromatic rings. The summed E-state index contributed by atoms with van der Waals surface area (Å²) in [5.41, 5.74) is 3.74. The lowest BCUT2D eigenvalue weighted by Gasteiger charge is -2.28. The highest BCUT2D eigenvalue weighted by atomic mass is 16.5. The van der Waals surface area contributed by atoms with Crippen molar-refractivity contribution in [2.45, 2.75) is 69.9 Å². The zero-order valence-corrected chi connectivity index (χ0v) is 20.4. The Morgan fingerprint density at radius 1 is 0.943 bits per heavy atom. The van der Waals surface area contributed by atoms with Gasteiger partial charge in [0.2, 0.25) is 5.91 Å². The number of nitrogens with one attached hydrogen (secondary N) is 2. The van der Waals surface area contributed by atoms with Crippen molar-refractivity contribution in [3.8, 4) is 11.1 Å². The second-order valence-electron chi connectivity index (χ2n) is 10.3. The van der Waals surface area contributed by atoms with Crippen LogP contribution in [0.1, 0.15) is 69.4 Å². The first-order chi connectivity index (χ1) is 16.7. The van der Waals surface area contributed by atoms with Gasteiger partial charge in [0.15, 0.2) is 0 Å². The molecule has 0 aliphatic heterocycles. The van der Waals surface area contributed by atoms with E-state index in [0.717, 1.165) is 41.5 Å². The molecule has 0 bridgehead atoms. The molecular formula is C28H34N2O5. The Morgan fingerprint density at radius 3 is 2.17 bits per heavy atom. The van der Waals surface area contributed by atoms with Gasteiger partial charge in [-0.3, -0.25) is 9.59 Å². The molecule has 4 rings (SSSR count). The maximum Gasteiger partial charge on any atom is 0.407 e. The van der Waals surface area contributed by atoms with Gasteiger partial charge in [-0.2, -0.15) is 0 Å². The van der Waals surface area contributed by atoms with Gasteiger partial charge in [0.25, 0.3) is 0 Å². The molecule has 2 atom stereocenters. The van der Waals surface area contributed by atoms with Crippen LogP contribution >= 0.6 is 0 Å². The van der Waals surface area contributed by atoms with E-state index in [1.807, 2.05) is 24.3 Å². The van der Waals surface area contributed by atoms with Crippen LogP contribution in [0.2, 0.25) is 0 Å². The average molecular weight is 479 g/mol. The number of ether oxygens (including phenoxy) is 1. The number of rotatable bonds is 7. The lowest BCUT2D eigenvalue weighted by Crippen LogP contribution is -2.50. The number of hydrogen-bond acceptors (Lipinski definition) is 4. The van der Waals surface area contributed by atoms with E-state index in [2.05, 4.69) is 34.9 Å². The Morgan fingerprint density at radius 2 is 1.54 bits per heavy atom. The fourth-order valence-corrected chi connectivity index (χ4v) is 5.39. The first kappa shape index (κ1) is 24.8. The molecule has 2 aliphatic carbocycles. The van der Waals surface area contributed by atoms with E-state index < -0.39 is 23.5 Å². The zero-order valence-electron chi connectivity index (χ0n) is 20.4. The average Bonchev–Trinajstić information content (AvgIpc) is 2.93. The molecule has 0 unspecified atom stereocenters. The molecule has 2 aliphatic rings. The van der Waals surface area contributed by atoms with Crippen LogP contribution in [0.15, 0.2) is 48.5 Å². The summed E-state index contributed by atoms with van der Waals surface area (Å²) in [6.45, 7) is 3.72. The quantitative estimate of drug-likeness (QED) is 0.494. The standard InChI is InChI=1S/C28H34N2O5/c1-28(2,16-25(31)29-24-15-5-3-4-14-22(24)26(32)33)30-27(34)35-17-23-20-12-8-6-10-18(20)19-11-7-9-13-21(19)23/h6-13,22-24H,3-5,14-17H2,1-2H3,(H,29,31)(H,30,34)(H,32,33)/t22-,24+/m0/s1. The molecule has 7 nitrogen and oxygen atoms in total. The maximum atomic E-state index is 12.7. The summed E-state index contributed by atoms with van der Waals surface area (Å²) in [4.78, 5) is 37.0. The lowest BCUT2D eigenvalue weighted by atomic mass is 9.93. The van der Waals surface area contributed by atoms with Crippen molar-refractivity contribution < 1.29 is 24.2 Å². The van der Waals surface area contributed by atoms with Gasteiger partial charge in [-0.05, 0) is 48.9 Å². The SMILES string of the molecule is CC(C)(CC(=O)N[C@@H]1CCCCC[C@@H]1C(=O)O)NC(=O)OCC1c2ccccc2-c2ccccc21. The Kier molecular flexibility index (Phi) is 7.43. The summed E-state index contributed by atoms with van der Waals surface area (Å²) in [5.74, 6) is -1.75. The number of carboxylic acids is 1. The van der Waals surface area contributed by atoms with Crippen LogP contribution in [0.3, 0.4) is 0 Å². The van der Waals surface area contributed by atoms with Crippen molar-refractivity contribution in [1.29, 1.82) is 0 Å². The number of hydrogen-bond donors (Lipinski definition) is 3. The highest BCUT2D eigenvalue weighted by Crippen LogP contribution is 2.44. The van der Waals surface area contributed by atoms with Gasteiger partial charge in [-0.1, -0.05) is 67.8 Å². The normalized spacial score (nSPS) is 19.7. The molecule has 3 N–H and O–H groups in total. The first-order valence-electron chi connectivity index (χ1n) is 12.4. The summed E-state index contributed by atoms with van der Waals surface area (Å²) >= 11 is 0. The van der Waals surface area contributed by atoms with E-state index in [9.17, 15) is 19.5 Å². The van der Waals surface area contributed by atoms with Crippen molar-refractivity contribution in [3.05, 3.63) is 59.7 Å². The van der Waals surface area contributed by atoms with Gasteiger partial charge in [-0.25, -0.2) is 4.79 Å². The topological polar surface area (TPSA) is 105 Å². The molecule has 186 valence electrons. The van der Waals surface area contributed by atoms with Gasteiger partial charge in [0, 0.05) is 23.9 Å². The Hall–Kier alpha value is -3.35. The van der Waals surface area contributed by atoms with Crippen molar-refractivity contribution in [2.24, 2.45) is 5.92 Å². The van der Waals surface area contributed by atoms with Crippen LogP contribution in [-0.2, 0) is 14.3 Å². The van der Waals surface area contributed by atoms with Crippen LogP contribution in [0.25, 0.3) is 11.1 Å². The molecule has 0 heterocycles. The number of aliphatic carboxylic acids is 1. The minimum atomic E-state index is -0.867. The molecule has 2 amide bonds. The molecule has 0 radical (unpaired) electrons. The number of carboxylic acid groups (broad SMARTS) is 1. The monoisotopic (exact) mass is 478 g/mol. The second-order valence-corrected chi connectivity index (χ2v) is 10.3. The minimum Gasteiger partial charge on any atom is -0.481 e. The number of carbonyl (C=O) groups excluding carboxylic acids is 2. The fourth-order valence-electron chi connectivity index (χ4n) is 5.39. The number of alkyl carbamates (subject to hydrolysis) is 1. The molecular weight excluding hydrogens is 444 g/mol. The summed E-state index contributed by atoms with van der Waals surface area (Å²) in [7, 11) is 0. The van der Waals surface area contributed by atoms with E-state index in [0.29, 0.717) is 12.8 Å². The van der Waals surface area contributed by atoms with Crippen LogP contribution in [0, 0.1) is 5.92 Å². The van der Waals surface area contributed by atoms with E-state index in [4.69, 9.17) is 4.74 Å². The van der Waals surface area contributed by atoms with E-state index >= 15 is 0 Å². The zero-order chi connectivity index (χ0) is 25.0. The van der Waals surface area contributed by atoms with Crippen molar-refractivity contribution in [3.63, 3.8) is 0 Å². The van der Waals surface area contributed by atoms with Gasteiger partial charge in [0.05, 0.1) is 5.92 Å². The fraction of sp³-hybridized carbons (Fsp3) is 0.464. The van der Waals surface area contributed by atoms with E-state index in [-0.39, 0.29) is 30.9 Å². The van der Waals surface area contributed by atoms with Crippen molar-refractivity contribution in [1.82, 2.24) is 10.6 Å². The Labute approximate surface area is 206 Å². The summed E-state index contributed by atoms with van der Waals surface area (Å²) in [5, 5.41) is 15.3. The molecule has 1 fully saturated rings. The molecule has 0 aromatic heterocycles. The number of fused-ring (bicyclic) bond motifs is 3. The van der Waals surface area contributed by atoms with E-state index in [1.54, 1.807) is 13.8 Å². The summed E-state index contributed by atoms with van der Waals surface area (Å²) in [6.07, 6.45) is 3.41. The molecule has 0 spiro atoms. The van der Waals surface area contributed by atoms with Crippen LogP contribution in [-0.4, -0.2) is 41.3 Å². The maximum absolute atomic E-state index is 12.7. The lowest BCUT2D eigenvalue weighted by molar-refractivity contribution is -0.143. The smallest absolute Gasteiger partial charge is 0.407 e. The van der Waals surface area contributed by atoms with Crippen LogP contribution in [0.5, 0.6) is 0 Å². The molecule has 7 heteroatoms.